The number of pyridine rings is 1. The van der Waals surface area contributed by atoms with Gasteiger partial charge in [0.1, 0.15) is 34.8 Å². The molecule has 7 rings (SSSR count). The van der Waals surface area contributed by atoms with Crippen LogP contribution in [0, 0.1) is 17.0 Å². The molecule has 2 aliphatic heterocycles. The number of likely N-dealkylation sites (tertiary alicyclic amines) is 1. The Labute approximate surface area is 266 Å². The number of piperidine rings is 2. The van der Waals surface area contributed by atoms with Crippen molar-refractivity contribution >= 4 is 27.5 Å². The molecule has 244 valence electrons. The standard InChI is InChI=1S/C35H40F3N5O3/c1-4-23-26(37)9-8-20-13-22(44)14-24(28(20)23)30-29(38)31-25(16-39-30)32(43-12-6-10-34(2,45)18-43)41-33(40-31)46-19-35-11-5-7-27(35)42(3)17-21(36)15-35/h8-9,13-14,16,21,27,44-45H,4-7,10-12,15,17-19H2,1-3H3. The Morgan fingerprint density at radius 1 is 1.13 bits per heavy atom. The van der Waals surface area contributed by atoms with Gasteiger partial charge in [-0.25, -0.2) is 13.2 Å². The number of rotatable bonds is 6. The number of aryl methyl sites for hydroxylation is 1. The number of halogens is 3. The van der Waals surface area contributed by atoms with Crippen LogP contribution in [0.2, 0.25) is 0 Å². The van der Waals surface area contributed by atoms with Crippen LogP contribution >= 0.6 is 0 Å². The Bertz CT molecular complexity index is 1820. The highest BCUT2D eigenvalue weighted by atomic mass is 19.1. The van der Waals surface area contributed by atoms with Crippen molar-refractivity contribution in [2.75, 3.05) is 38.2 Å². The van der Waals surface area contributed by atoms with E-state index in [1.807, 2.05) is 18.9 Å². The third kappa shape index (κ3) is 5.31. The quantitative estimate of drug-likeness (QED) is 0.254. The molecular weight excluding hydrogens is 595 g/mol. The number of ether oxygens (including phenoxy) is 1. The summed E-state index contributed by atoms with van der Waals surface area (Å²) in [4.78, 5) is 17.8. The van der Waals surface area contributed by atoms with E-state index in [4.69, 9.17) is 9.72 Å². The first-order valence-corrected chi connectivity index (χ1v) is 16.2. The second-order valence-electron chi connectivity index (χ2n) is 13.8. The van der Waals surface area contributed by atoms with E-state index in [-0.39, 0.29) is 47.7 Å². The number of aromatic nitrogens is 3. The smallest absolute Gasteiger partial charge is 0.319 e. The normalized spacial score (nSPS) is 27.0. The summed E-state index contributed by atoms with van der Waals surface area (Å²) < 4.78 is 52.9. The minimum atomic E-state index is -0.970. The minimum Gasteiger partial charge on any atom is -0.508 e. The van der Waals surface area contributed by atoms with Gasteiger partial charge >= 0.3 is 6.01 Å². The molecule has 1 saturated carbocycles. The van der Waals surface area contributed by atoms with Crippen LogP contribution in [-0.2, 0) is 6.42 Å². The van der Waals surface area contributed by atoms with Gasteiger partial charge in [0.25, 0.3) is 0 Å². The van der Waals surface area contributed by atoms with Gasteiger partial charge in [-0.15, -0.1) is 0 Å². The molecule has 4 atom stereocenters. The van der Waals surface area contributed by atoms with Crippen molar-refractivity contribution < 1.29 is 28.1 Å². The van der Waals surface area contributed by atoms with E-state index in [2.05, 4.69) is 14.9 Å². The average Bonchev–Trinajstić information content (AvgIpc) is 3.44. The molecule has 4 unspecified atom stereocenters. The summed E-state index contributed by atoms with van der Waals surface area (Å²) in [6, 6.07) is 5.96. The SMILES string of the molecule is CCc1c(F)ccc2cc(O)cc(-c3ncc4c(N5CCCC(C)(O)C5)nc(OCC56CCCC5N(C)CC(F)C6)nc4c3F)c12. The molecule has 3 aliphatic rings. The summed E-state index contributed by atoms with van der Waals surface area (Å²) in [5.74, 6) is -0.891. The summed E-state index contributed by atoms with van der Waals surface area (Å²) in [5.41, 5.74) is -0.846. The van der Waals surface area contributed by atoms with Crippen LogP contribution in [0.5, 0.6) is 11.8 Å². The number of benzene rings is 2. The van der Waals surface area contributed by atoms with Crippen molar-refractivity contribution in [3.63, 3.8) is 0 Å². The van der Waals surface area contributed by atoms with Gasteiger partial charge in [-0.3, -0.25) is 9.88 Å². The van der Waals surface area contributed by atoms with Gasteiger partial charge in [-0.1, -0.05) is 19.4 Å². The van der Waals surface area contributed by atoms with Crippen LogP contribution in [-0.4, -0.2) is 81.2 Å². The first kappa shape index (κ1) is 30.9. The molecule has 4 aromatic rings. The molecule has 0 radical (unpaired) electrons. The molecule has 3 fully saturated rings. The number of fused-ring (bicyclic) bond motifs is 3. The van der Waals surface area contributed by atoms with Crippen molar-refractivity contribution in [2.24, 2.45) is 5.41 Å². The zero-order chi connectivity index (χ0) is 32.4. The van der Waals surface area contributed by atoms with Gasteiger partial charge in [0.2, 0.25) is 0 Å². The molecule has 2 N–H and O–H groups in total. The maximum Gasteiger partial charge on any atom is 0.319 e. The third-order valence-corrected chi connectivity index (χ3v) is 10.4. The fourth-order valence-electron chi connectivity index (χ4n) is 8.38. The molecule has 2 saturated heterocycles. The summed E-state index contributed by atoms with van der Waals surface area (Å²) in [6.07, 6.45) is 5.35. The number of nitrogens with zero attached hydrogens (tertiary/aromatic N) is 5. The van der Waals surface area contributed by atoms with E-state index >= 15 is 4.39 Å². The van der Waals surface area contributed by atoms with E-state index in [9.17, 15) is 19.0 Å². The van der Waals surface area contributed by atoms with Gasteiger partial charge in [0.05, 0.1) is 17.6 Å². The highest BCUT2D eigenvalue weighted by Gasteiger charge is 2.50. The molecule has 2 aromatic carbocycles. The Kier molecular flexibility index (Phi) is 7.75. The first-order valence-electron chi connectivity index (χ1n) is 16.2. The maximum atomic E-state index is 16.8. The Morgan fingerprint density at radius 2 is 1.96 bits per heavy atom. The third-order valence-electron chi connectivity index (χ3n) is 10.4. The molecule has 0 amide bonds. The van der Waals surface area contributed by atoms with E-state index < -0.39 is 28.8 Å². The van der Waals surface area contributed by atoms with Crippen molar-refractivity contribution in [3.05, 3.63) is 47.7 Å². The fourth-order valence-corrected chi connectivity index (χ4v) is 8.38. The second-order valence-corrected chi connectivity index (χ2v) is 13.8. The number of phenolic OH excluding ortho intramolecular Hbond substituents is 1. The lowest BCUT2D eigenvalue weighted by Crippen LogP contribution is -2.54. The Hall–Kier alpha value is -3.70. The molecule has 2 aromatic heterocycles. The molecule has 11 heteroatoms. The Morgan fingerprint density at radius 3 is 2.74 bits per heavy atom. The molecule has 0 spiro atoms. The van der Waals surface area contributed by atoms with Crippen molar-refractivity contribution in [1.29, 1.82) is 0 Å². The molecule has 0 bridgehead atoms. The molecule has 8 nitrogen and oxygen atoms in total. The molecule has 1 aliphatic carbocycles. The number of anilines is 1. The highest BCUT2D eigenvalue weighted by molar-refractivity contribution is 6.01. The average molecular weight is 636 g/mol. The van der Waals surface area contributed by atoms with Crippen LogP contribution in [0.3, 0.4) is 0 Å². The number of hydrogen-bond donors (Lipinski definition) is 2. The number of hydrogen-bond acceptors (Lipinski definition) is 8. The summed E-state index contributed by atoms with van der Waals surface area (Å²) >= 11 is 0. The zero-order valence-electron chi connectivity index (χ0n) is 26.5. The maximum absolute atomic E-state index is 16.8. The first-order chi connectivity index (χ1) is 22.0. The number of aliphatic hydroxyl groups is 1. The van der Waals surface area contributed by atoms with Crippen LogP contribution in [0.4, 0.5) is 19.0 Å². The number of β-amino-alcohol motifs (C(OH)–C–C–N with tert-alkyl or cyclic N) is 1. The zero-order valence-corrected chi connectivity index (χ0v) is 26.5. The van der Waals surface area contributed by atoms with Crippen LogP contribution in [0.15, 0.2) is 30.5 Å². The Balaban J connectivity index is 1.37. The van der Waals surface area contributed by atoms with Gasteiger partial charge in [0, 0.05) is 42.9 Å². The van der Waals surface area contributed by atoms with Crippen molar-refractivity contribution in [1.82, 2.24) is 19.9 Å². The predicted molar refractivity (Wildman–Crippen MR) is 171 cm³/mol. The fraction of sp³-hybridized carbons (Fsp3) is 0.514. The lowest BCUT2D eigenvalue weighted by molar-refractivity contribution is -0.0244. The van der Waals surface area contributed by atoms with Gasteiger partial charge in [-0.2, -0.15) is 9.97 Å². The van der Waals surface area contributed by atoms with Crippen molar-refractivity contribution in [2.45, 2.75) is 76.6 Å². The number of phenols is 1. The summed E-state index contributed by atoms with van der Waals surface area (Å²) in [6.45, 7) is 5.03. The van der Waals surface area contributed by atoms with Crippen LogP contribution in [0.1, 0.15) is 57.9 Å². The van der Waals surface area contributed by atoms with Gasteiger partial charge in [0.15, 0.2) is 5.82 Å². The van der Waals surface area contributed by atoms with E-state index in [0.717, 1.165) is 19.3 Å². The topological polar surface area (TPSA) is 94.8 Å². The van der Waals surface area contributed by atoms with Gasteiger partial charge in [-0.05, 0) is 87.0 Å². The summed E-state index contributed by atoms with van der Waals surface area (Å²) in [5, 5.41) is 22.9. The van der Waals surface area contributed by atoms with E-state index in [1.54, 1.807) is 13.0 Å². The van der Waals surface area contributed by atoms with E-state index in [1.165, 1.54) is 24.4 Å². The monoisotopic (exact) mass is 635 g/mol. The number of alkyl halides is 1. The molecular formula is C35H40F3N5O3. The molecule has 4 heterocycles. The number of aromatic hydroxyl groups is 1. The summed E-state index contributed by atoms with van der Waals surface area (Å²) in [7, 11) is 1.95. The van der Waals surface area contributed by atoms with Crippen LogP contribution < -0.4 is 9.64 Å². The lowest BCUT2D eigenvalue weighted by Gasteiger charge is -2.45. The van der Waals surface area contributed by atoms with Gasteiger partial charge < -0.3 is 19.8 Å². The second kappa shape index (κ2) is 11.5. The van der Waals surface area contributed by atoms with Crippen molar-refractivity contribution in [3.8, 4) is 23.0 Å². The predicted octanol–water partition coefficient (Wildman–Crippen LogP) is 6.33. The molecule has 46 heavy (non-hydrogen) atoms. The van der Waals surface area contributed by atoms with Crippen LogP contribution in [0.25, 0.3) is 32.9 Å². The van der Waals surface area contributed by atoms with E-state index in [0.29, 0.717) is 66.3 Å². The highest BCUT2D eigenvalue weighted by Crippen LogP contribution is 2.48. The minimum absolute atomic E-state index is 0.0338. The largest absolute Gasteiger partial charge is 0.508 e. The lowest BCUT2D eigenvalue weighted by atomic mass is 9.75.